The van der Waals surface area contributed by atoms with Crippen molar-refractivity contribution in [3.63, 3.8) is 0 Å². The van der Waals surface area contributed by atoms with Gasteiger partial charge in [0.05, 0.1) is 6.54 Å². The van der Waals surface area contributed by atoms with Gasteiger partial charge in [0.15, 0.2) is 6.61 Å². The second-order valence-corrected chi connectivity index (χ2v) is 6.08. The molecule has 0 aromatic heterocycles. The van der Waals surface area contributed by atoms with E-state index in [2.05, 4.69) is 27.9 Å². The van der Waals surface area contributed by atoms with Crippen LogP contribution < -0.4 is 10.1 Å². The fourth-order valence-electron chi connectivity index (χ4n) is 1.59. The third-order valence-electron chi connectivity index (χ3n) is 2.92. The molecule has 108 valence electrons. The number of ether oxygens (including phenoxy) is 1. The van der Waals surface area contributed by atoms with Crippen molar-refractivity contribution in [3.8, 4) is 5.75 Å². The predicted octanol–water partition coefficient (Wildman–Crippen LogP) is 1.41. The first-order valence-corrected chi connectivity index (χ1v) is 7.54. The molecular formula is C14H17IN2O3. The van der Waals surface area contributed by atoms with Gasteiger partial charge in [0, 0.05) is 16.7 Å². The molecule has 0 radical (unpaired) electrons. The Morgan fingerprint density at radius 3 is 2.60 bits per heavy atom. The van der Waals surface area contributed by atoms with E-state index in [0.717, 1.165) is 16.4 Å². The van der Waals surface area contributed by atoms with E-state index in [1.165, 1.54) is 4.90 Å². The Balaban J connectivity index is 1.72. The van der Waals surface area contributed by atoms with Crippen molar-refractivity contribution in [3.05, 3.63) is 27.8 Å². The number of likely N-dealkylation sites (N-methyl/N-ethyl adjacent to an activating group) is 1. The molecule has 0 unspecified atom stereocenters. The predicted molar refractivity (Wildman–Crippen MR) is 83.5 cm³/mol. The fourth-order valence-corrected chi connectivity index (χ4v) is 1.95. The highest BCUT2D eigenvalue weighted by Gasteiger charge is 2.24. The molecule has 0 heterocycles. The summed E-state index contributed by atoms with van der Waals surface area (Å²) in [4.78, 5) is 24.8. The van der Waals surface area contributed by atoms with E-state index in [9.17, 15) is 9.59 Å². The molecule has 0 atom stereocenters. The molecular weight excluding hydrogens is 371 g/mol. The largest absolute Gasteiger partial charge is 0.484 e. The topological polar surface area (TPSA) is 58.6 Å². The van der Waals surface area contributed by atoms with Gasteiger partial charge in [-0.05, 0) is 59.7 Å². The summed E-state index contributed by atoms with van der Waals surface area (Å²) < 4.78 is 6.50. The number of carbonyl (C=O) groups excluding carboxylic acids is 2. The molecule has 1 N–H and O–H groups in total. The summed E-state index contributed by atoms with van der Waals surface area (Å²) >= 11 is 2.20. The number of hydrogen-bond acceptors (Lipinski definition) is 3. The van der Waals surface area contributed by atoms with E-state index < -0.39 is 0 Å². The number of nitrogens with one attached hydrogen (secondary N) is 1. The standard InChI is InChI=1S/C14H17IN2O3/c1-17(8-13(18)16-11-4-5-11)14(19)9-20-12-6-2-10(15)3-7-12/h2-3,6-7,11H,4-5,8-9H2,1H3,(H,16,18). The summed E-state index contributed by atoms with van der Waals surface area (Å²) in [6, 6.07) is 7.76. The van der Waals surface area contributed by atoms with Crippen LogP contribution in [0.4, 0.5) is 0 Å². The van der Waals surface area contributed by atoms with Crippen molar-refractivity contribution in [1.29, 1.82) is 0 Å². The Morgan fingerprint density at radius 1 is 1.35 bits per heavy atom. The van der Waals surface area contributed by atoms with Gasteiger partial charge in [0.2, 0.25) is 5.91 Å². The zero-order valence-electron chi connectivity index (χ0n) is 11.3. The molecule has 0 spiro atoms. The molecule has 0 aliphatic heterocycles. The molecule has 2 amide bonds. The first-order chi connectivity index (χ1) is 9.54. The van der Waals surface area contributed by atoms with Crippen LogP contribution in [0.3, 0.4) is 0 Å². The normalized spacial score (nSPS) is 13.7. The molecule has 0 bridgehead atoms. The van der Waals surface area contributed by atoms with Gasteiger partial charge in [-0.3, -0.25) is 9.59 Å². The van der Waals surface area contributed by atoms with Gasteiger partial charge < -0.3 is 15.0 Å². The second-order valence-electron chi connectivity index (χ2n) is 4.83. The zero-order chi connectivity index (χ0) is 14.5. The molecule has 1 aliphatic rings. The van der Waals surface area contributed by atoms with E-state index in [0.29, 0.717) is 11.8 Å². The molecule has 1 saturated carbocycles. The number of rotatable bonds is 6. The number of benzene rings is 1. The Kier molecular flexibility index (Phi) is 5.22. The van der Waals surface area contributed by atoms with Crippen LogP contribution in [-0.2, 0) is 9.59 Å². The number of halogens is 1. The van der Waals surface area contributed by atoms with Crippen molar-refractivity contribution in [2.24, 2.45) is 0 Å². The monoisotopic (exact) mass is 388 g/mol. The number of amides is 2. The lowest BCUT2D eigenvalue weighted by molar-refractivity contribution is -0.136. The summed E-state index contributed by atoms with van der Waals surface area (Å²) in [5.41, 5.74) is 0. The van der Waals surface area contributed by atoms with Gasteiger partial charge >= 0.3 is 0 Å². The van der Waals surface area contributed by atoms with Crippen LogP contribution in [0.5, 0.6) is 5.75 Å². The maximum atomic E-state index is 11.8. The van der Waals surface area contributed by atoms with E-state index in [-0.39, 0.29) is 25.0 Å². The van der Waals surface area contributed by atoms with Gasteiger partial charge in [-0.15, -0.1) is 0 Å². The molecule has 2 rings (SSSR count). The molecule has 1 aromatic rings. The van der Waals surface area contributed by atoms with Crippen LogP contribution in [0.25, 0.3) is 0 Å². The molecule has 20 heavy (non-hydrogen) atoms. The highest BCUT2D eigenvalue weighted by Crippen LogP contribution is 2.18. The molecule has 1 aromatic carbocycles. The van der Waals surface area contributed by atoms with E-state index >= 15 is 0 Å². The minimum atomic E-state index is -0.213. The Bertz CT molecular complexity index is 486. The number of carbonyl (C=O) groups is 2. The lowest BCUT2D eigenvalue weighted by Crippen LogP contribution is -2.40. The van der Waals surface area contributed by atoms with Crippen molar-refractivity contribution < 1.29 is 14.3 Å². The fraction of sp³-hybridized carbons (Fsp3) is 0.429. The summed E-state index contributed by atoms with van der Waals surface area (Å²) in [6.45, 7) is 0.0131. The van der Waals surface area contributed by atoms with E-state index in [4.69, 9.17) is 4.74 Å². The Labute approximate surface area is 131 Å². The van der Waals surface area contributed by atoms with Gasteiger partial charge in [-0.1, -0.05) is 0 Å². The first-order valence-electron chi connectivity index (χ1n) is 6.46. The third-order valence-corrected chi connectivity index (χ3v) is 3.64. The van der Waals surface area contributed by atoms with Gasteiger partial charge in [-0.2, -0.15) is 0 Å². The highest BCUT2D eigenvalue weighted by atomic mass is 127. The van der Waals surface area contributed by atoms with Crippen LogP contribution >= 0.6 is 22.6 Å². The lowest BCUT2D eigenvalue weighted by Gasteiger charge is -2.17. The van der Waals surface area contributed by atoms with E-state index in [1.54, 1.807) is 7.05 Å². The van der Waals surface area contributed by atoms with Crippen LogP contribution in [0.2, 0.25) is 0 Å². The molecule has 1 aliphatic carbocycles. The Morgan fingerprint density at radius 2 is 2.00 bits per heavy atom. The van der Waals surface area contributed by atoms with E-state index in [1.807, 2.05) is 24.3 Å². The number of nitrogens with zero attached hydrogens (tertiary/aromatic N) is 1. The second kappa shape index (κ2) is 6.92. The maximum Gasteiger partial charge on any atom is 0.260 e. The number of hydrogen-bond donors (Lipinski definition) is 1. The van der Waals surface area contributed by atoms with Crippen molar-refractivity contribution in [2.75, 3.05) is 20.2 Å². The smallest absolute Gasteiger partial charge is 0.260 e. The van der Waals surface area contributed by atoms with Gasteiger partial charge in [-0.25, -0.2) is 0 Å². The first kappa shape index (κ1) is 15.1. The summed E-state index contributed by atoms with van der Waals surface area (Å²) in [5, 5.41) is 2.85. The van der Waals surface area contributed by atoms with Crippen molar-refractivity contribution >= 4 is 34.4 Å². The zero-order valence-corrected chi connectivity index (χ0v) is 13.4. The maximum absolute atomic E-state index is 11.8. The molecule has 5 nitrogen and oxygen atoms in total. The summed E-state index contributed by atoms with van der Waals surface area (Å²) in [7, 11) is 1.60. The summed E-state index contributed by atoms with van der Waals surface area (Å²) in [6.07, 6.45) is 2.08. The lowest BCUT2D eigenvalue weighted by atomic mass is 10.3. The molecule has 0 saturated heterocycles. The molecule has 1 fully saturated rings. The van der Waals surface area contributed by atoms with Crippen molar-refractivity contribution in [1.82, 2.24) is 10.2 Å². The van der Waals surface area contributed by atoms with Crippen molar-refractivity contribution in [2.45, 2.75) is 18.9 Å². The SMILES string of the molecule is CN(CC(=O)NC1CC1)C(=O)COc1ccc(I)cc1. The third kappa shape index (κ3) is 4.99. The van der Waals surface area contributed by atoms with Crippen LogP contribution in [0, 0.1) is 3.57 Å². The van der Waals surface area contributed by atoms with Crippen LogP contribution in [-0.4, -0.2) is 43.0 Å². The quantitative estimate of drug-likeness (QED) is 0.750. The van der Waals surface area contributed by atoms with Crippen LogP contribution in [0.15, 0.2) is 24.3 Å². The van der Waals surface area contributed by atoms with Gasteiger partial charge in [0.1, 0.15) is 5.75 Å². The highest BCUT2D eigenvalue weighted by molar-refractivity contribution is 14.1. The van der Waals surface area contributed by atoms with Crippen LogP contribution in [0.1, 0.15) is 12.8 Å². The minimum Gasteiger partial charge on any atom is -0.484 e. The summed E-state index contributed by atoms with van der Waals surface area (Å²) in [5.74, 6) is 0.321. The Hall–Kier alpha value is -1.31. The molecule has 6 heteroatoms. The minimum absolute atomic E-state index is 0.0617. The van der Waals surface area contributed by atoms with Gasteiger partial charge in [0.25, 0.3) is 5.91 Å². The average Bonchev–Trinajstić information content (AvgIpc) is 3.21. The average molecular weight is 388 g/mol.